The molecule has 1 aliphatic heterocycles. The molecule has 0 aromatic heterocycles. The second kappa shape index (κ2) is 8.84. The first kappa shape index (κ1) is 22.5. The maximum Gasteiger partial charge on any atom is 0.266 e. The highest BCUT2D eigenvalue weighted by Crippen LogP contribution is 2.44. The second-order valence-electron chi connectivity index (χ2n) is 9.32. The van der Waals surface area contributed by atoms with Gasteiger partial charge in [0, 0.05) is 18.0 Å². The number of rotatable bonds is 5. The SMILES string of the molecule is Cc1ccc(S(=O)(=O)N2C[C@H]3CCC[C@@H](C(=O)c4ccc(-c5ccccc5)cc4)[C@H]3C2=O)cc1. The van der Waals surface area contributed by atoms with Gasteiger partial charge in [-0.2, -0.15) is 0 Å². The van der Waals surface area contributed by atoms with Crippen molar-refractivity contribution in [2.45, 2.75) is 31.1 Å². The summed E-state index contributed by atoms with van der Waals surface area (Å²) in [5, 5.41) is 0. The standard InChI is InChI=1S/C28H27NO4S/c1-19-10-16-24(17-11-19)34(32,33)29-18-23-8-5-9-25(26(23)28(29)31)27(30)22-14-12-21(13-15-22)20-6-3-2-4-7-20/h2-4,6-7,10-17,23,25-26H,5,8-9,18H2,1H3/t23-,25-,26+/m1/s1. The predicted molar refractivity (Wildman–Crippen MR) is 131 cm³/mol. The summed E-state index contributed by atoms with van der Waals surface area (Å²) in [6.07, 6.45) is 2.17. The third-order valence-corrected chi connectivity index (χ3v) is 8.96. The van der Waals surface area contributed by atoms with Crippen molar-refractivity contribution in [3.05, 3.63) is 90.0 Å². The summed E-state index contributed by atoms with van der Waals surface area (Å²) < 4.78 is 27.5. The first-order valence-corrected chi connectivity index (χ1v) is 13.1. The van der Waals surface area contributed by atoms with Crippen LogP contribution in [0.2, 0.25) is 0 Å². The molecule has 34 heavy (non-hydrogen) atoms. The zero-order valence-electron chi connectivity index (χ0n) is 19.1. The van der Waals surface area contributed by atoms with Crippen LogP contribution in [0.4, 0.5) is 0 Å². The quantitative estimate of drug-likeness (QED) is 0.483. The maximum atomic E-state index is 13.5. The fourth-order valence-corrected chi connectivity index (χ4v) is 6.84. The Hall–Kier alpha value is -3.25. The summed E-state index contributed by atoms with van der Waals surface area (Å²) >= 11 is 0. The summed E-state index contributed by atoms with van der Waals surface area (Å²) in [5.41, 5.74) is 3.61. The van der Waals surface area contributed by atoms with Crippen molar-refractivity contribution in [2.75, 3.05) is 6.54 Å². The molecule has 0 radical (unpaired) electrons. The highest BCUT2D eigenvalue weighted by atomic mass is 32.2. The van der Waals surface area contributed by atoms with Gasteiger partial charge in [-0.15, -0.1) is 0 Å². The van der Waals surface area contributed by atoms with E-state index in [4.69, 9.17) is 0 Å². The highest BCUT2D eigenvalue weighted by molar-refractivity contribution is 7.89. The van der Waals surface area contributed by atoms with E-state index in [1.54, 1.807) is 12.1 Å². The van der Waals surface area contributed by atoms with Gasteiger partial charge in [-0.05, 0) is 48.9 Å². The molecule has 6 heteroatoms. The van der Waals surface area contributed by atoms with Crippen LogP contribution in [-0.4, -0.2) is 31.0 Å². The Morgan fingerprint density at radius 3 is 2.18 bits per heavy atom. The molecule has 1 amide bonds. The van der Waals surface area contributed by atoms with Crippen molar-refractivity contribution >= 4 is 21.7 Å². The number of amides is 1. The molecule has 3 aromatic rings. The fraction of sp³-hybridized carbons (Fsp3) is 0.286. The number of nitrogens with zero attached hydrogens (tertiary/aromatic N) is 1. The minimum atomic E-state index is -3.94. The Balaban J connectivity index is 1.39. The molecule has 0 unspecified atom stereocenters. The third-order valence-electron chi connectivity index (χ3n) is 7.18. The molecule has 3 aromatic carbocycles. The minimum absolute atomic E-state index is 0.0720. The number of ketones is 1. The number of benzene rings is 3. The van der Waals surface area contributed by atoms with Crippen LogP contribution in [0.3, 0.4) is 0 Å². The molecule has 5 rings (SSSR count). The monoisotopic (exact) mass is 473 g/mol. The van der Waals surface area contributed by atoms with E-state index in [0.29, 0.717) is 12.0 Å². The molecule has 3 atom stereocenters. The average molecular weight is 474 g/mol. The second-order valence-corrected chi connectivity index (χ2v) is 11.2. The Kier molecular flexibility index (Phi) is 5.86. The van der Waals surface area contributed by atoms with Gasteiger partial charge in [-0.3, -0.25) is 9.59 Å². The molecule has 2 aliphatic rings. The number of carbonyl (C=O) groups excluding carboxylic acids is 2. The van der Waals surface area contributed by atoms with Crippen LogP contribution in [0, 0.1) is 24.7 Å². The predicted octanol–water partition coefficient (Wildman–Crippen LogP) is 5.11. The summed E-state index contributed by atoms with van der Waals surface area (Å²) in [7, 11) is -3.94. The zero-order chi connectivity index (χ0) is 23.9. The van der Waals surface area contributed by atoms with E-state index in [1.165, 1.54) is 12.1 Å². The van der Waals surface area contributed by atoms with E-state index in [1.807, 2.05) is 61.5 Å². The Bertz CT molecular complexity index is 1320. The lowest BCUT2D eigenvalue weighted by molar-refractivity contribution is -0.129. The molecule has 1 saturated heterocycles. The van der Waals surface area contributed by atoms with Gasteiger partial charge in [0.25, 0.3) is 10.0 Å². The van der Waals surface area contributed by atoms with Gasteiger partial charge < -0.3 is 0 Å². The first-order valence-electron chi connectivity index (χ1n) is 11.7. The smallest absolute Gasteiger partial charge is 0.266 e. The van der Waals surface area contributed by atoms with Gasteiger partial charge in [0.1, 0.15) is 0 Å². The molecule has 1 saturated carbocycles. The topological polar surface area (TPSA) is 71.5 Å². The Morgan fingerprint density at radius 2 is 1.50 bits per heavy atom. The van der Waals surface area contributed by atoms with E-state index in [-0.39, 0.29) is 23.1 Å². The molecule has 1 aliphatic carbocycles. The zero-order valence-corrected chi connectivity index (χ0v) is 19.9. The molecule has 5 nitrogen and oxygen atoms in total. The highest BCUT2D eigenvalue weighted by Gasteiger charge is 2.52. The molecular formula is C28H27NO4S. The van der Waals surface area contributed by atoms with E-state index in [2.05, 4.69) is 0 Å². The molecular weight excluding hydrogens is 446 g/mol. The number of Topliss-reactive ketones (excluding diaryl/α,β-unsaturated/α-hetero) is 1. The van der Waals surface area contributed by atoms with Crippen LogP contribution in [-0.2, 0) is 14.8 Å². The van der Waals surface area contributed by atoms with E-state index < -0.39 is 27.8 Å². The number of sulfonamides is 1. The lowest BCUT2D eigenvalue weighted by Crippen LogP contribution is -2.38. The summed E-state index contributed by atoms with van der Waals surface area (Å²) in [4.78, 5) is 27.0. The number of carbonyl (C=O) groups is 2. The Morgan fingerprint density at radius 1 is 0.853 bits per heavy atom. The molecule has 174 valence electrons. The van der Waals surface area contributed by atoms with Crippen LogP contribution in [0.1, 0.15) is 35.2 Å². The average Bonchev–Trinajstić information content (AvgIpc) is 3.22. The number of hydrogen-bond donors (Lipinski definition) is 0. The summed E-state index contributed by atoms with van der Waals surface area (Å²) in [6.45, 7) is 2.03. The van der Waals surface area contributed by atoms with Gasteiger partial charge in [0.05, 0.1) is 10.8 Å². The van der Waals surface area contributed by atoms with Crippen molar-refractivity contribution in [1.29, 1.82) is 0 Å². The minimum Gasteiger partial charge on any atom is -0.294 e. The third kappa shape index (κ3) is 3.96. The first-order chi connectivity index (χ1) is 16.4. The number of aryl methyl sites for hydroxylation is 1. The van der Waals surface area contributed by atoms with Gasteiger partial charge in [-0.1, -0.05) is 78.7 Å². The van der Waals surface area contributed by atoms with Crippen LogP contribution in [0.25, 0.3) is 11.1 Å². The van der Waals surface area contributed by atoms with E-state index in [0.717, 1.165) is 33.8 Å². The fourth-order valence-electron chi connectivity index (χ4n) is 5.36. The van der Waals surface area contributed by atoms with Crippen LogP contribution >= 0.6 is 0 Å². The van der Waals surface area contributed by atoms with Gasteiger partial charge in [0.2, 0.25) is 5.91 Å². The van der Waals surface area contributed by atoms with Crippen LogP contribution in [0.5, 0.6) is 0 Å². The van der Waals surface area contributed by atoms with Gasteiger partial charge in [-0.25, -0.2) is 12.7 Å². The van der Waals surface area contributed by atoms with Crippen LogP contribution in [0.15, 0.2) is 83.8 Å². The van der Waals surface area contributed by atoms with Gasteiger partial charge >= 0.3 is 0 Å². The van der Waals surface area contributed by atoms with Crippen molar-refractivity contribution in [3.8, 4) is 11.1 Å². The molecule has 0 bridgehead atoms. The molecule has 1 heterocycles. The molecule has 2 fully saturated rings. The normalized spacial score (nSPS) is 22.4. The molecule has 0 spiro atoms. The lowest BCUT2D eigenvalue weighted by Gasteiger charge is -2.30. The van der Waals surface area contributed by atoms with E-state index in [9.17, 15) is 18.0 Å². The van der Waals surface area contributed by atoms with Gasteiger partial charge in [0.15, 0.2) is 5.78 Å². The Labute approximate surface area is 200 Å². The number of fused-ring (bicyclic) bond motifs is 1. The number of hydrogen-bond acceptors (Lipinski definition) is 4. The van der Waals surface area contributed by atoms with Crippen molar-refractivity contribution < 1.29 is 18.0 Å². The summed E-state index contributed by atoms with van der Waals surface area (Å²) in [5.74, 6) is -1.72. The molecule has 0 N–H and O–H groups in total. The van der Waals surface area contributed by atoms with Crippen molar-refractivity contribution in [3.63, 3.8) is 0 Å². The largest absolute Gasteiger partial charge is 0.294 e. The van der Waals surface area contributed by atoms with E-state index >= 15 is 0 Å². The van der Waals surface area contributed by atoms with Crippen LogP contribution < -0.4 is 0 Å². The lowest BCUT2D eigenvalue weighted by atomic mass is 9.71. The van der Waals surface area contributed by atoms with Crippen molar-refractivity contribution in [2.24, 2.45) is 17.8 Å². The van der Waals surface area contributed by atoms with Crippen molar-refractivity contribution in [1.82, 2.24) is 4.31 Å². The maximum absolute atomic E-state index is 13.5. The summed E-state index contributed by atoms with van der Waals surface area (Å²) in [6, 6.07) is 23.9.